The fraction of sp³-hybridized carbons (Fsp3) is 0.650. The average Bonchev–Trinajstić information content (AvgIpc) is 3.20. The van der Waals surface area contributed by atoms with Crippen LogP contribution < -0.4 is 5.32 Å². The zero-order chi connectivity index (χ0) is 19.2. The van der Waals surface area contributed by atoms with Crippen LogP contribution in [0.3, 0.4) is 0 Å². The van der Waals surface area contributed by atoms with Gasteiger partial charge in [-0.1, -0.05) is 13.8 Å². The molecule has 0 radical (unpaired) electrons. The first-order valence-electron chi connectivity index (χ1n) is 9.50. The number of nitrogens with zero attached hydrogens (tertiary/aromatic N) is 4. The Hall–Kier alpha value is -1.95. The molecule has 26 heavy (non-hydrogen) atoms. The van der Waals surface area contributed by atoms with Crippen LogP contribution in [0, 0.1) is 6.92 Å². The maximum Gasteiger partial charge on any atom is 0.254 e. The third-order valence-electron chi connectivity index (χ3n) is 5.19. The van der Waals surface area contributed by atoms with Crippen LogP contribution in [0.2, 0.25) is 0 Å². The third-order valence-corrected chi connectivity index (χ3v) is 5.19. The van der Waals surface area contributed by atoms with Crippen LogP contribution in [-0.2, 0) is 5.54 Å². The molecule has 1 fully saturated rings. The molecule has 0 spiro atoms. The lowest BCUT2D eigenvalue weighted by Gasteiger charge is -2.25. The average molecular weight is 358 g/mol. The zero-order valence-corrected chi connectivity index (χ0v) is 17.1. The quantitative estimate of drug-likeness (QED) is 0.917. The van der Waals surface area contributed by atoms with Crippen LogP contribution in [0.1, 0.15) is 68.7 Å². The predicted molar refractivity (Wildman–Crippen MR) is 105 cm³/mol. The van der Waals surface area contributed by atoms with Crippen molar-refractivity contribution in [1.82, 2.24) is 25.0 Å². The van der Waals surface area contributed by atoms with E-state index in [0.717, 1.165) is 47.5 Å². The molecule has 3 rings (SSSR count). The first-order chi connectivity index (χ1) is 12.1. The Balaban J connectivity index is 2.20. The van der Waals surface area contributed by atoms with Crippen LogP contribution in [0.5, 0.6) is 0 Å². The van der Waals surface area contributed by atoms with Gasteiger partial charge < -0.3 is 10.2 Å². The van der Waals surface area contributed by atoms with Crippen molar-refractivity contribution in [3.63, 3.8) is 0 Å². The second-order valence-electron chi connectivity index (χ2n) is 8.68. The van der Waals surface area contributed by atoms with Crippen molar-refractivity contribution in [2.24, 2.45) is 0 Å². The highest BCUT2D eigenvalue weighted by molar-refractivity contribution is 6.06. The number of carbonyl (C=O) groups excluding carboxylic acids is 1. The Kier molecular flexibility index (Phi) is 4.82. The standard InChI is InChI=1S/C20H31N5O/c1-12(2)16-10-15(19(26)24(7)14-8-9-21-11-14)17-13(3)23-25(18(17)22-16)20(4,5)6/h10,12,14,21H,8-9,11H2,1-7H3. The summed E-state index contributed by atoms with van der Waals surface area (Å²) in [5.74, 6) is 0.303. The molecule has 1 aliphatic heterocycles. The van der Waals surface area contributed by atoms with Crippen molar-refractivity contribution in [2.45, 2.75) is 65.5 Å². The summed E-state index contributed by atoms with van der Waals surface area (Å²) in [6.07, 6.45) is 0.994. The summed E-state index contributed by atoms with van der Waals surface area (Å²) >= 11 is 0. The van der Waals surface area contributed by atoms with Crippen molar-refractivity contribution in [3.05, 3.63) is 23.0 Å². The van der Waals surface area contributed by atoms with Crippen LogP contribution in [-0.4, -0.2) is 51.8 Å². The first-order valence-corrected chi connectivity index (χ1v) is 9.50. The Morgan fingerprint density at radius 3 is 2.62 bits per heavy atom. The minimum atomic E-state index is -0.198. The van der Waals surface area contributed by atoms with Gasteiger partial charge in [0.15, 0.2) is 5.65 Å². The molecular formula is C20H31N5O. The Labute approximate surface area is 156 Å². The van der Waals surface area contributed by atoms with E-state index in [1.165, 1.54) is 0 Å². The zero-order valence-electron chi connectivity index (χ0n) is 17.1. The number of likely N-dealkylation sites (N-methyl/N-ethyl adjacent to an activating group) is 1. The van der Waals surface area contributed by atoms with Crippen molar-refractivity contribution in [3.8, 4) is 0 Å². The lowest BCUT2D eigenvalue weighted by molar-refractivity contribution is 0.0745. The summed E-state index contributed by atoms with van der Waals surface area (Å²) in [4.78, 5) is 20.1. The molecule has 1 N–H and O–H groups in total. The number of fused-ring (bicyclic) bond motifs is 1. The molecule has 1 unspecified atom stereocenters. The van der Waals surface area contributed by atoms with E-state index in [9.17, 15) is 4.79 Å². The normalized spacial score (nSPS) is 18.1. The largest absolute Gasteiger partial charge is 0.337 e. The second-order valence-corrected chi connectivity index (χ2v) is 8.68. The van der Waals surface area contributed by atoms with Crippen LogP contribution in [0.25, 0.3) is 11.0 Å². The topological polar surface area (TPSA) is 63.1 Å². The van der Waals surface area contributed by atoms with Gasteiger partial charge in [-0.2, -0.15) is 5.10 Å². The number of carbonyl (C=O) groups is 1. The predicted octanol–water partition coefficient (Wildman–Crippen LogP) is 3.05. The van der Waals surface area contributed by atoms with Crippen molar-refractivity contribution in [2.75, 3.05) is 20.1 Å². The molecule has 2 aromatic rings. The van der Waals surface area contributed by atoms with E-state index in [1.807, 2.05) is 29.6 Å². The van der Waals surface area contributed by atoms with E-state index >= 15 is 0 Å². The van der Waals surface area contributed by atoms with Gasteiger partial charge in [-0.3, -0.25) is 4.79 Å². The fourth-order valence-corrected chi connectivity index (χ4v) is 3.57. The molecule has 1 amide bonds. The monoisotopic (exact) mass is 357 g/mol. The molecule has 0 bridgehead atoms. The number of pyridine rings is 1. The van der Waals surface area contributed by atoms with E-state index in [-0.39, 0.29) is 23.4 Å². The number of amides is 1. The molecule has 1 atom stereocenters. The molecule has 6 nitrogen and oxygen atoms in total. The van der Waals surface area contributed by atoms with Crippen molar-refractivity contribution < 1.29 is 4.79 Å². The second kappa shape index (κ2) is 6.65. The molecule has 0 aliphatic carbocycles. The fourth-order valence-electron chi connectivity index (χ4n) is 3.57. The van der Waals surface area contributed by atoms with Gasteiger partial charge in [-0.15, -0.1) is 0 Å². The summed E-state index contributed by atoms with van der Waals surface area (Å²) in [7, 11) is 1.91. The van der Waals surface area contributed by atoms with E-state index in [2.05, 4.69) is 39.9 Å². The number of hydrogen-bond donors (Lipinski definition) is 1. The summed E-state index contributed by atoms with van der Waals surface area (Å²) in [6, 6.07) is 2.21. The first kappa shape index (κ1) is 18.8. The maximum atomic E-state index is 13.4. The number of nitrogens with one attached hydrogen (secondary N) is 1. The Bertz CT molecular complexity index is 825. The minimum absolute atomic E-state index is 0.0598. The van der Waals surface area contributed by atoms with Crippen molar-refractivity contribution >= 4 is 16.9 Å². The van der Waals surface area contributed by atoms with E-state index in [1.54, 1.807) is 0 Å². The summed E-state index contributed by atoms with van der Waals surface area (Å²) in [6.45, 7) is 14.3. The molecule has 2 aromatic heterocycles. The molecule has 0 aromatic carbocycles. The molecule has 1 saturated heterocycles. The van der Waals surface area contributed by atoms with Gasteiger partial charge >= 0.3 is 0 Å². The van der Waals surface area contributed by atoms with Gasteiger partial charge in [0.25, 0.3) is 5.91 Å². The highest BCUT2D eigenvalue weighted by atomic mass is 16.2. The number of hydrogen-bond acceptors (Lipinski definition) is 4. The SMILES string of the molecule is Cc1nn(C(C)(C)C)c2nc(C(C)C)cc(C(=O)N(C)C3CCNC3)c12. The van der Waals surface area contributed by atoms with Gasteiger partial charge in [0.05, 0.1) is 22.2 Å². The molecule has 0 saturated carbocycles. The lowest BCUT2D eigenvalue weighted by atomic mass is 10.0. The molecule has 6 heteroatoms. The van der Waals surface area contributed by atoms with Gasteiger partial charge in [-0.05, 0) is 52.6 Å². The molecule has 3 heterocycles. The minimum Gasteiger partial charge on any atom is -0.337 e. The summed E-state index contributed by atoms with van der Waals surface area (Å²) in [5, 5.41) is 8.95. The van der Waals surface area contributed by atoms with Crippen LogP contribution in [0.15, 0.2) is 6.07 Å². The summed E-state index contributed by atoms with van der Waals surface area (Å²) in [5.41, 5.74) is 3.13. The third kappa shape index (κ3) is 3.22. The van der Waals surface area contributed by atoms with E-state index in [4.69, 9.17) is 10.1 Å². The van der Waals surface area contributed by atoms with E-state index in [0.29, 0.717) is 0 Å². The van der Waals surface area contributed by atoms with Gasteiger partial charge in [0, 0.05) is 25.3 Å². The highest BCUT2D eigenvalue weighted by Crippen LogP contribution is 2.30. The van der Waals surface area contributed by atoms with E-state index < -0.39 is 0 Å². The number of rotatable bonds is 3. The van der Waals surface area contributed by atoms with Gasteiger partial charge in [0.2, 0.25) is 0 Å². The van der Waals surface area contributed by atoms with Gasteiger partial charge in [-0.25, -0.2) is 9.67 Å². The maximum absolute atomic E-state index is 13.4. The highest BCUT2D eigenvalue weighted by Gasteiger charge is 2.29. The Morgan fingerprint density at radius 2 is 2.08 bits per heavy atom. The number of aryl methyl sites for hydroxylation is 1. The molecule has 142 valence electrons. The molecular weight excluding hydrogens is 326 g/mol. The Morgan fingerprint density at radius 1 is 1.38 bits per heavy atom. The van der Waals surface area contributed by atoms with Crippen LogP contribution in [0.4, 0.5) is 0 Å². The van der Waals surface area contributed by atoms with Crippen LogP contribution >= 0.6 is 0 Å². The van der Waals surface area contributed by atoms with Gasteiger partial charge in [0.1, 0.15) is 0 Å². The number of aromatic nitrogens is 3. The lowest BCUT2D eigenvalue weighted by Crippen LogP contribution is -2.38. The molecule has 1 aliphatic rings. The smallest absolute Gasteiger partial charge is 0.254 e. The van der Waals surface area contributed by atoms with Crippen molar-refractivity contribution in [1.29, 1.82) is 0 Å². The summed E-state index contributed by atoms with van der Waals surface area (Å²) < 4.78 is 1.96.